The van der Waals surface area contributed by atoms with Crippen molar-refractivity contribution < 1.29 is 14.5 Å². The molecule has 0 fully saturated rings. The Bertz CT molecular complexity index is 772. The Morgan fingerprint density at radius 3 is 2.25 bits per heavy atom. The highest BCUT2D eigenvalue weighted by atomic mass is 16.6. The number of nitrogens with one attached hydrogen (secondary N) is 1. The Kier molecular flexibility index (Phi) is 5.45. The number of amides is 1. The number of para-hydroxylation sites is 1. The molecule has 0 aliphatic rings. The molecule has 8 nitrogen and oxygen atoms in total. The highest BCUT2D eigenvalue weighted by molar-refractivity contribution is 6.10. The molecular weight excluding hydrogens is 312 g/mol. The minimum absolute atomic E-state index is 0.0844. The third-order valence-corrected chi connectivity index (χ3v) is 3.02. The molecule has 1 atom stereocenters. The van der Waals surface area contributed by atoms with Crippen molar-refractivity contribution in [3.63, 3.8) is 0 Å². The molecule has 0 heterocycles. The number of hydrogen-bond donors (Lipinski definition) is 1. The van der Waals surface area contributed by atoms with E-state index < -0.39 is 22.7 Å². The van der Waals surface area contributed by atoms with Crippen LogP contribution in [0.5, 0.6) is 0 Å². The van der Waals surface area contributed by atoms with Crippen LogP contribution in [0.25, 0.3) is 0 Å². The van der Waals surface area contributed by atoms with Gasteiger partial charge in [-0.2, -0.15) is 10.2 Å². The first-order valence-electron chi connectivity index (χ1n) is 6.99. The number of azo groups is 1. The zero-order valence-electron chi connectivity index (χ0n) is 12.7. The molecule has 0 saturated carbocycles. The van der Waals surface area contributed by atoms with Gasteiger partial charge in [0.1, 0.15) is 0 Å². The highest BCUT2D eigenvalue weighted by Gasteiger charge is 2.23. The molecule has 2 rings (SSSR count). The quantitative estimate of drug-likeness (QED) is 0.379. The molecule has 0 aromatic heterocycles. The van der Waals surface area contributed by atoms with Crippen molar-refractivity contribution >= 4 is 28.8 Å². The zero-order chi connectivity index (χ0) is 17.5. The first-order valence-corrected chi connectivity index (χ1v) is 6.99. The molecule has 1 unspecified atom stereocenters. The van der Waals surface area contributed by atoms with Crippen LogP contribution < -0.4 is 5.32 Å². The van der Waals surface area contributed by atoms with E-state index in [1.807, 2.05) is 0 Å². The third-order valence-electron chi connectivity index (χ3n) is 3.02. The molecule has 24 heavy (non-hydrogen) atoms. The first kappa shape index (κ1) is 16.9. The summed E-state index contributed by atoms with van der Waals surface area (Å²) in [6.07, 6.45) is 0. The van der Waals surface area contributed by atoms with E-state index in [1.54, 1.807) is 30.3 Å². The number of non-ortho nitro benzene ring substituents is 1. The van der Waals surface area contributed by atoms with Crippen LogP contribution in [-0.4, -0.2) is 22.7 Å². The summed E-state index contributed by atoms with van der Waals surface area (Å²) < 4.78 is 0. The van der Waals surface area contributed by atoms with Gasteiger partial charge in [0.05, 0.1) is 10.6 Å². The summed E-state index contributed by atoms with van der Waals surface area (Å²) in [7, 11) is 0. The predicted molar refractivity (Wildman–Crippen MR) is 87.2 cm³/mol. The van der Waals surface area contributed by atoms with E-state index in [2.05, 4.69) is 15.5 Å². The Morgan fingerprint density at radius 2 is 1.71 bits per heavy atom. The Labute approximate surface area is 137 Å². The molecule has 0 bridgehead atoms. The SMILES string of the molecule is CC(=O)C(N=Nc1ccc([N+](=O)[O-])cc1)C(=O)Nc1ccccc1. The smallest absolute Gasteiger partial charge is 0.269 e. The number of benzene rings is 2. The number of hydrogen-bond acceptors (Lipinski definition) is 6. The average Bonchev–Trinajstić information content (AvgIpc) is 2.56. The maximum absolute atomic E-state index is 12.1. The fraction of sp³-hybridized carbons (Fsp3) is 0.125. The second-order valence-electron chi connectivity index (χ2n) is 4.86. The standard InChI is InChI=1S/C16H14N4O4/c1-11(21)15(16(22)17-12-5-3-2-4-6-12)19-18-13-7-9-14(10-8-13)20(23)24/h2-10,15H,1H3,(H,17,22). The number of carbonyl (C=O) groups excluding carboxylic acids is 2. The average molecular weight is 326 g/mol. The van der Waals surface area contributed by atoms with Crippen molar-refractivity contribution in [2.45, 2.75) is 13.0 Å². The van der Waals surface area contributed by atoms with E-state index in [9.17, 15) is 19.7 Å². The van der Waals surface area contributed by atoms with E-state index in [0.717, 1.165) is 0 Å². The molecule has 0 aliphatic heterocycles. The Hall–Kier alpha value is -3.42. The van der Waals surface area contributed by atoms with Crippen molar-refractivity contribution in [2.75, 3.05) is 5.32 Å². The van der Waals surface area contributed by atoms with Gasteiger partial charge in [0, 0.05) is 17.8 Å². The first-order chi connectivity index (χ1) is 11.5. The van der Waals surface area contributed by atoms with Crippen molar-refractivity contribution in [2.24, 2.45) is 10.2 Å². The molecule has 2 aromatic carbocycles. The van der Waals surface area contributed by atoms with Gasteiger partial charge in [-0.1, -0.05) is 18.2 Å². The van der Waals surface area contributed by atoms with E-state index >= 15 is 0 Å². The van der Waals surface area contributed by atoms with Gasteiger partial charge in [-0.15, -0.1) is 0 Å². The van der Waals surface area contributed by atoms with Gasteiger partial charge in [-0.3, -0.25) is 19.7 Å². The monoisotopic (exact) mass is 326 g/mol. The van der Waals surface area contributed by atoms with Crippen molar-refractivity contribution in [3.8, 4) is 0 Å². The molecule has 0 radical (unpaired) electrons. The van der Waals surface area contributed by atoms with Gasteiger partial charge in [0.25, 0.3) is 11.6 Å². The van der Waals surface area contributed by atoms with Crippen LogP contribution in [0.3, 0.4) is 0 Å². The molecular formula is C16H14N4O4. The summed E-state index contributed by atoms with van der Waals surface area (Å²) in [5.74, 6) is -1.06. The molecule has 0 saturated heterocycles. The summed E-state index contributed by atoms with van der Waals surface area (Å²) in [5.41, 5.74) is 0.762. The lowest BCUT2D eigenvalue weighted by Gasteiger charge is -2.09. The van der Waals surface area contributed by atoms with Crippen LogP contribution in [0.15, 0.2) is 64.8 Å². The van der Waals surface area contributed by atoms with Crippen LogP contribution >= 0.6 is 0 Å². The number of nitrogens with zero attached hydrogens (tertiary/aromatic N) is 3. The van der Waals surface area contributed by atoms with Crippen molar-refractivity contribution in [1.29, 1.82) is 0 Å². The largest absolute Gasteiger partial charge is 0.324 e. The second kappa shape index (κ2) is 7.73. The molecule has 2 aromatic rings. The molecule has 0 spiro atoms. The second-order valence-corrected chi connectivity index (χ2v) is 4.86. The highest BCUT2D eigenvalue weighted by Crippen LogP contribution is 2.19. The van der Waals surface area contributed by atoms with Crippen molar-refractivity contribution in [1.82, 2.24) is 0 Å². The van der Waals surface area contributed by atoms with E-state index in [0.29, 0.717) is 11.4 Å². The van der Waals surface area contributed by atoms with Crippen LogP contribution in [0.1, 0.15) is 6.92 Å². The number of carbonyl (C=O) groups is 2. The number of rotatable bonds is 6. The lowest BCUT2D eigenvalue weighted by atomic mass is 10.2. The van der Waals surface area contributed by atoms with Gasteiger partial charge >= 0.3 is 0 Å². The van der Waals surface area contributed by atoms with Crippen LogP contribution in [0.2, 0.25) is 0 Å². The lowest BCUT2D eigenvalue weighted by molar-refractivity contribution is -0.384. The van der Waals surface area contributed by atoms with Gasteiger partial charge in [-0.05, 0) is 31.2 Å². The number of anilines is 1. The normalized spacial score (nSPS) is 11.9. The minimum Gasteiger partial charge on any atom is -0.324 e. The Balaban J connectivity index is 2.11. The summed E-state index contributed by atoms with van der Waals surface area (Å²) >= 11 is 0. The van der Waals surface area contributed by atoms with Crippen LogP contribution in [-0.2, 0) is 9.59 Å². The zero-order valence-corrected chi connectivity index (χ0v) is 12.7. The molecule has 8 heteroatoms. The predicted octanol–water partition coefficient (Wildman–Crippen LogP) is 3.27. The fourth-order valence-corrected chi connectivity index (χ4v) is 1.82. The molecule has 0 aliphatic carbocycles. The summed E-state index contributed by atoms with van der Waals surface area (Å²) in [5, 5.41) is 20.7. The summed E-state index contributed by atoms with van der Waals surface area (Å²) in [6, 6.07) is 12.7. The Morgan fingerprint density at radius 1 is 1.08 bits per heavy atom. The van der Waals surface area contributed by atoms with Gasteiger partial charge < -0.3 is 5.32 Å². The number of Topliss-reactive ketones (excluding diaryl/α,β-unsaturated/α-hetero) is 1. The van der Waals surface area contributed by atoms with Gasteiger partial charge in [0.2, 0.25) is 6.04 Å². The maximum atomic E-state index is 12.1. The molecule has 122 valence electrons. The van der Waals surface area contributed by atoms with Crippen LogP contribution in [0, 0.1) is 10.1 Å². The summed E-state index contributed by atoms with van der Waals surface area (Å²) in [6.45, 7) is 1.24. The van der Waals surface area contributed by atoms with Gasteiger partial charge in [-0.25, -0.2) is 0 Å². The van der Waals surface area contributed by atoms with E-state index in [4.69, 9.17) is 0 Å². The lowest BCUT2D eigenvalue weighted by Crippen LogP contribution is -2.31. The topological polar surface area (TPSA) is 114 Å². The minimum atomic E-state index is -1.29. The molecule has 1 N–H and O–H groups in total. The maximum Gasteiger partial charge on any atom is 0.269 e. The number of nitro benzene ring substituents is 1. The van der Waals surface area contributed by atoms with Gasteiger partial charge in [0.15, 0.2) is 5.78 Å². The number of nitro groups is 1. The van der Waals surface area contributed by atoms with Crippen LogP contribution in [0.4, 0.5) is 17.1 Å². The third kappa shape index (κ3) is 4.54. The summed E-state index contributed by atoms with van der Waals surface area (Å²) in [4.78, 5) is 33.8. The molecule has 1 amide bonds. The number of ketones is 1. The fourth-order valence-electron chi connectivity index (χ4n) is 1.82. The van der Waals surface area contributed by atoms with E-state index in [-0.39, 0.29) is 5.69 Å². The van der Waals surface area contributed by atoms with E-state index in [1.165, 1.54) is 31.2 Å². The van der Waals surface area contributed by atoms with Crippen molar-refractivity contribution in [3.05, 3.63) is 64.7 Å².